The van der Waals surface area contributed by atoms with E-state index in [1.54, 1.807) is 36.7 Å². The van der Waals surface area contributed by atoms with Gasteiger partial charge in [-0.15, -0.1) is 0 Å². The number of rotatable bonds is 5. The largest absolute Gasteiger partial charge is 0.342 e. The fourth-order valence-corrected chi connectivity index (χ4v) is 5.48. The quantitative estimate of drug-likeness (QED) is 0.381. The molecule has 6 rings (SSSR count). The molecule has 31 heavy (non-hydrogen) atoms. The number of carbonyl (C=O) groups is 1. The van der Waals surface area contributed by atoms with Gasteiger partial charge in [-0.1, -0.05) is 23.4 Å². The van der Waals surface area contributed by atoms with Gasteiger partial charge in [0, 0.05) is 18.3 Å². The van der Waals surface area contributed by atoms with Crippen molar-refractivity contribution in [1.82, 2.24) is 39.8 Å². The Labute approximate surface area is 182 Å². The minimum atomic E-state index is 0.0393. The van der Waals surface area contributed by atoms with Gasteiger partial charge in [-0.05, 0) is 37.3 Å². The third-order valence-electron chi connectivity index (χ3n) is 6.12. The van der Waals surface area contributed by atoms with Crippen molar-refractivity contribution in [2.75, 3.05) is 12.3 Å². The summed E-state index contributed by atoms with van der Waals surface area (Å²) in [5, 5.41) is 9.15. The van der Waals surface area contributed by atoms with Gasteiger partial charge in [0.15, 0.2) is 10.8 Å². The van der Waals surface area contributed by atoms with Crippen molar-refractivity contribution >= 4 is 28.8 Å². The molecular formula is C21H20N8OS. The zero-order valence-corrected chi connectivity index (χ0v) is 17.7. The summed E-state index contributed by atoms with van der Waals surface area (Å²) in [6.07, 6.45) is 7.80. The van der Waals surface area contributed by atoms with Gasteiger partial charge < -0.3 is 9.88 Å². The zero-order valence-electron chi connectivity index (χ0n) is 16.8. The highest BCUT2D eigenvalue weighted by Crippen LogP contribution is 2.51. The molecule has 1 aliphatic heterocycles. The number of hydrogen-bond acceptors (Lipinski definition) is 7. The number of nitrogens with zero attached hydrogens (tertiary/aromatic N) is 7. The smallest absolute Gasteiger partial charge is 0.256 e. The van der Waals surface area contributed by atoms with Crippen LogP contribution in [0.25, 0.3) is 16.9 Å². The molecule has 1 saturated carbocycles. The van der Waals surface area contributed by atoms with Crippen LogP contribution >= 0.6 is 11.8 Å². The van der Waals surface area contributed by atoms with Crippen molar-refractivity contribution in [1.29, 1.82) is 0 Å². The van der Waals surface area contributed by atoms with Gasteiger partial charge >= 0.3 is 0 Å². The molecule has 2 fully saturated rings. The lowest BCUT2D eigenvalue weighted by atomic mass is 10.1. The third kappa shape index (κ3) is 3.27. The zero-order chi connectivity index (χ0) is 20.9. The number of H-pyrrole nitrogens is 1. The predicted molar refractivity (Wildman–Crippen MR) is 115 cm³/mol. The lowest BCUT2D eigenvalue weighted by molar-refractivity contribution is 0.0722. The second-order valence-corrected chi connectivity index (χ2v) is 9.11. The number of hydrogen-bond donors (Lipinski definition) is 1. The Bertz CT molecular complexity index is 1270. The van der Waals surface area contributed by atoms with E-state index in [2.05, 4.69) is 30.1 Å². The number of likely N-dealkylation sites (tertiary alicyclic amines) is 1. The fourth-order valence-electron chi connectivity index (χ4n) is 4.46. The summed E-state index contributed by atoms with van der Waals surface area (Å²) in [4.78, 5) is 33.3. The lowest BCUT2D eigenvalue weighted by Crippen LogP contribution is -2.40. The maximum Gasteiger partial charge on any atom is 0.256 e. The van der Waals surface area contributed by atoms with Crippen molar-refractivity contribution < 1.29 is 4.79 Å². The molecule has 3 aromatic heterocycles. The maximum atomic E-state index is 13.6. The van der Waals surface area contributed by atoms with Crippen molar-refractivity contribution in [2.45, 2.75) is 24.5 Å². The Morgan fingerprint density at radius 2 is 2.13 bits per heavy atom. The van der Waals surface area contributed by atoms with Gasteiger partial charge in [-0.25, -0.2) is 15.0 Å². The Balaban J connectivity index is 1.26. The van der Waals surface area contributed by atoms with E-state index in [9.17, 15) is 4.79 Å². The molecule has 2 aliphatic rings. The number of imidazole rings is 1. The van der Waals surface area contributed by atoms with Gasteiger partial charge in [0.05, 0.1) is 36.2 Å². The van der Waals surface area contributed by atoms with Crippen LogP contribution in [0, 0.1) is 18.8 Å². The van der Waals surface area contributed by atoms with Crippen LogP contribution < -0.4 is 0 Å². The monoisotopic (exact) mass is 432 g/mol. The second kappa shape index (κ2) is 7.16. The van der Waals surface area contributed by atoms with Crippen molar-refractivity contribution in [2.24, 2.45) is 11.8 Å². The molecule has 10 heteroatoms. The number of aromatic amines is 1. The summed E-state index contributed by atoms with van der Waals surface area (Å²) >= 11 is 1.59. The summed E-state index contributed by atoms with van der Waals surface area (Å²) in [5.74, 6) is 1.96. The van der Waals surface area contributed by atoms with Gasteiger partial charge in [0.1, 0.15) is 5.52 Å². The van der Waals surface area contributed by atoms with Crippen molar-refractivity contribution in [3.8, 4) is 5.69 Å². The van der Waals surface area contributed by atoms with Crippen LogP contribution in [0.15, 0.2) is 48.3 Å². The van der Waals surface area contributed by atoms with E-state index in [0.29, 0.717) is 33.9 Å². The Kier molecular flexibility index (Phi) is 4.27. The van der Waals surface area contributed by atoms with E-state index in [4.69, 9.17) is 0 Å². The van der Waals surface area contributed by atoms with Crippen LogP contribution in [0.3, 0.4) is 0 Å². The Morgan fingerprint density at radius 1 is 1.26 bits per heavy atom. The van der Waals surface area contributed by atoms with E-state index < -0.39 is 0 Å². The van der Waals surface area contributed by atoms with Crippen LogP contribution in [0.5, 0.6) is 0 Å². The van der Waals surface area contributed by atoms with Gasteiger partial charge in [0.2, 0.25) is 0 Å². The number of aromatic nitrogens is 7. The number of aryl methyl sites for hydroxylation is 1. The topological polar surface area (TPSA) is 105 Å². The molecule has 0 spiro atoms. The SMILES string of the molecule is Cc1ccc(-n2nccn2)c(C(=O)N2C[C@H]3C[C@H]3[C@H]2CSc2ncc3[nH]cnc3n2)c1. The first-order chi connectivity index (χ1) is 15.2. The molecular weight excluding hydrogens is 412 g/mol. The van der Waals surface area contributed by atoms with E-state index in [-0.39, 0.29) is 11.9 Å². The van der Waals surface area contributed by atoms with Gasteiger partial charge in [0.25, 0.3) is 5.91 Å². The van der Waals surface area contributed by atoms with Crippen LogP contribution in [0.4, 0.5) is 0 Å². The first kappa shape index (κ1) is 18.5. The summed E-state index contributed by atoms with van der Waals surface area (Å²) in [6.45, 7) is 2.79. The molecule has 0 bridgehead atoms. The summed E-state index contributed by atoms with van der Waals surface area (Å²) in [5.41, 5.74) is 3.87. The summed E-state index contributed by atoms with van der Waals surface area (Å²) in [6, 6.07) is 5.99. The third-order valence-corrected chi connectivity index (χ3v) is 7.08. The fraction of sp³-hybridized carbons (Fsp3) is 0.333. The van der Waals surface area contributed by atoms with Crippen LogP contribution in [0.2, 0.25) is 0 Å². The number of thioether (sulfide) groups is 1. The molecule has 4 heterocycles. The van der Waals surface area contributed by atoms with Crippen molar-refractivity contribution in [3.05, 3.63) is 54.2 Å². The Hall–Kier alpha value is -3.27. The highest BCUT2D eigenvalue weighted by atomic mass is 32.2. The molecule has 156 valence electrons. The lowest BCUT2D eigenvalue weighted by Gasteiger charge is -2.28. The Morgan fingerprint density at radius 3 is 3.00 bits per heavy atom. The van der Waals surface area contributed by atoms with E-state index in [0.717, 1.165) is 23.4 Å². The van der Waals surface area contributed by atoms with E-state index in [1.807, 2.05) is 30.0 Å². The van der Waals surface area contributed by atoms with Crippen LogP contribution in [-0.4, -0.2) is 64.1 Å². The molecule has 0 unspecified atom stereocenters. The summed E-state index contributed by atoms with van der Waals surface area (Å²) in [7, 11) is 0. The van der Waals surface area contributed by atoms with E-state index >= 15 is 0 Å². The predicted octanol–water partition coefficient (Wildman–Crippen LogP) is 2.49. The molecule has 1 saturated heterocycles. The van der Waals surface area contributed by atoms with Crippen LogP contribution in [0.1, 0.15) is 22.3 Å². The standard InChI is InChI=1S/C21H20N8OS/c1-12-2-3-17(29-25-4-5-26-29)15(6-12)20(30)28-9-13-7-14(13)18(28)10-31-21-22-8-16-19(27-21)24-11-23-16/h2-6,8,11,13-14,18H,7,9-10H2,1H3,(H,22,23,24,27)/t13-,14-,18-/m1/s1. The highest BCUT2D eigenvalue weighted by molar-refractivity contribution is 7.99. The molecule has 1 amide bonds. The number of benzene rings is 1. The number of amides is 1. The normalized spacial score (nSPS) is 22.1. The highest BCUT2D eigenvalue weighted by Gasteiger charge is 2.54. The molecule has 3 atom stereocenters. The number of fused-ring (bicyclic) bond motifs is 2. The van der Waals surface area contributed by atoms with Gasteiger partial charge in [-0.2, -0.15) is 15.0 Å². The first-order valence-corrected chi connectivity index (χ1v) is 11.2. The molecule has 4 aromatic rings. The van der Waals surface area contributed by atoms with E-state index in [1.165, 1.54) is 11.2 Å². The van der Waals surface area contributed by atoms with Gasteiger partial charge in [-0.3, -0.25) is 4.79 Å². The molecule has 0 radical (unpaired) electrons. The average Bonchev–Trinajstić information content (AvgIpc) is 3.19. The minimum Gasteiger partial charge on any atom is -0.342 e. The average molecular weight is 433 g/mol. The number of carbonyl (C=O) groups excluding carboxylic acids is 1. The summed E-state index contributed by atoms with van der Waals surface area (Å²) < 4.78 is 0. The molecule has 1 N–H and O–H groups in total. The van der Waals surface area contributed by atoms with Crippen LogP contribution in [-0.2, 0) is 0 Å². The second-order valence-electron chi connectivity index (χ2n) is 8.13. The minimum absolute atomic E-state index is 0.0393. The first-order valence-electron chi connectivity index (χ1n) is 10.2. The van der Waals surface area contributed by atoms with Crippen molar-refractivity contribution in [3.63, 3.8) is 0 Å². The number of nitrogens with one attached hydrogen (secondary N) is 1. The maximum absolute atomic E-state index is 13.6. The molecule has 1 aliphatic carbocycles. The molecule has 9 nitrogen and oxygen atoms in total. The number of piperidine rings is 1. The molecule has 1 aromatic carbocycles.